The van der Waals surface area contributed by atoms with Gasteiger partial charge in [0.15, 0.2) is 0 Å². The molecule has 0 radical (unpaired) electrons. The van der Waals surface area contributed by atoms with Crippen molar-refractivity contribution in [2.24, 2.45) is 0 Å². The molecule has 0 saturated carbocycles. The maximum atomic E-state index is 5.13. The summed E-state index contributed by atoms with van der Waals surface area (Å²) in [6.45, 7) is 0.769. The number of aromatic nitrogens is 1. The van der Waals surface area contributed by atoms with Crippen molar-refractivity contribution in [3.05, 3.63) is 30.1 Å². The first-order valence-electron chi connectivity index (χ1n) is 3.48. The minimum Gasteiger partial charge on any atom is -0.315 e. The third kappa shape index (κ3) is 3.39. The highest BCUT2D eigenvalue weighted by atomic mass is 32.2. The Labute approximate surface area is 71.2 Å². The molecular formula is C8H11NOS. The molecule has 1 heterocycles. The van der Waals surface area contributed by atoms with Gasteiger partial charge in [0, 0.05) is 18.6 Å². The molecule has 0 saturated heterocycles. The van der Waals surface area contributed by atoms with Crippen molar-refractivity contribution in [1.29, 1.82) is 0 Å². The van der Waals surface area contributed by atoms with Crippen LogP contribution in [-0.4, -0.2) is 17.8 Å². The lowest BCUT2D eigenvalue weighted by molar-refractivity contribution is 0.381. The lowest BCUT2D eigenvalue weighted by atomic mass is 10.2. The van der Waals surface area contributed by atoms with Crippen molar-refractivity contribution in [3.63, 3.8) is 0 Å². The normalized spacial score (nSPS) is 9.91. The molecule has 3 heteroatoms. The summed E-state index contributed by atoms with van der Waals surface area (Å²) in [7, 11) is 0. The van der Waals surface area contributed by atoms with E-state index >= 15 is 0 Å². The minimum atomic E-state index is 0.769. The van der Waals surface area contributed by atoms with Crippen LogP contribution in [0.5, 0.6) is 0 Å². The summed E-state index contributed by atoms with van der Waals surface area (Å²) in [6, 6.07) is 4.01. The van der Waals surface area contributed by atoms with E-state index in [2.05, 4.69) is 4.98 Å². The molecule has 0 amide bonds. The van der Waals surface area contributed by atoms with Gasteiger partial charge in [0.1, 0.15) is 0 Å². The van der Waals surface area contributed by atoms with Gasteiger partial charge in [-0.05, 0) is 36.2 Å². The third-order valence-electron chi connectivity index (χ3n) is 1.34. The van der Waals surface area contributed by atoms with Crippen molar-refractivity contribution in [1.82, 2.24) is 4.98 Å². The summed E-state index contributed by atoms with van der Waals surface area (Å²) in [6.07, 6.45) is 6.48. The molecule has 0 aromatic carbocycles. The predicted molar refractivity (Wildman–Crippen MR) is 47.4 cm³/mol. The topological polar surface area (TPSA) is 22.1 Å². The van der Waals surface area contributed by atoms with Crippen molar-refractivity contribution in [2.75, 3.05) is 12.9 Å². The third-order valence-corrected chi connectivity index (χ3v) is 1.74. The maximum absolute atomic E-state index is 5.13. The largest absolute Gasteiger partial charge is 0.315 e. The molecule has 1 aromatic rings. The van der Waals surface area contributed by atoms with Crippen LogP contribution in [0.4, 0.5) is 0 Å². The molecule has 0 aliphatic heterocycles. The monoisotopic (exact) mass is 169 g/mol. The Bertz CT molecular complexity index is 191. The molecule has 0 spiro atoms. The molecule has 1 aromatic heterocycles. The van der Waals surface area contributed by atoms with Gasteiger partial charge in [0.2, 0.25) is 0 Å². The number of rotatable bonds is 4. The quantitative estimate of drug-likeness (QED) is 0.508. The number of hydrogen-bond acceptors (Lipinski definition) is 3. The summed E-state index contributed by atoms with van der Waals surface area (Å²) < 4.78 is 5.13. The van der Waals surface area contributed by atoms with Gasteiger partial charge in [0.05, 0.1) is 6.61 Å². The van der Waals surface area contributed by atoms with E-state index < -0.39 is 0 Å². The average Bonchev–Trinajstić information content (AvgIpc) is 2.07. The summed E-state index contributed by atoms with van der Waals surface area (Å²) in [5, 5.41) is 0. The van der Waals surface area contributed by atoms with Crippen molar-refractivity contribution >= 4 is 12.0 Å². The zero-order chi connectivity index (χ0) is 7.94. The van der Waals surface area contributed by atoms with E-state index in [4.69, 9.17) is 4.18 Å². The molecular weight excluding hydrogens is 158 g/mol. The highest BCUT2D eigenvalue weighted by Gasteiger charge is 1.90. The second-order valence-electron chi connectivity index (χ2n) is 2.09. The Balaban J connectivity index is 2.28. The molecule has 60 valence electrons. The van der Waals surface area contributed by atoms with E-state index in [1.165, 1.54) is 17.6 Å². The average molecular weight is 169 g/mol. The Kier molecular flexibility index (Phi) is 4.01. The van der Waals surface area contributed by atoms with Crippen LogP contribution in [0, 0.1) is 0 Å². The van der Waals surface area contributed by atoms with Crippen LogP contribution in [0.2, 0.25) is 0 Å². The molecule has 11 heavy (non-hydrogen) atoms. The lowest BCUT2D eigenvalue weighted by Gasteiger charge is -1.98. The van der Waals surface area contributed by atoms with Gasteiger partial charge in [-0.3, -0.25) is 4.98 Å². The summed E-state index contributed by atoms with van der Waals surface area (Å²) in [4.78, 5) is 3.93. The van der Waals surface area contributed by atoms with Crippen LogP contribution in [0.25, 0.3) is 0 Å². The summed E-state index contributed by atoms with van der Waals surface area (Å²) >= 11 is 1.41. The molecule has 0 atom stereocenters. The first kappa shape index (κ1) is 8.56. The van der Waals surface area contributed by atoms with Crippen molar-refractivity contribution < 1.29 is 4.18 Å². The molecule has 0 aliphatic rings. The molecule has 0 bridgehead atoms. The van der Waals surface area contributed by atoms with E-state index in [-0.39, 0.29) is 0 Å². The van der Waals surface area contributed by atoms with Gasteiger partial charge in [0.25, 0.3) is 0 Å². The number of pyridine rings is 1. The van der Waals surface area contributed by atoms with Crippen LogP contribution >= 0.6 is 12.0 Å². The van der Waals surface area contributed by atoms with Crippen LogP contribution in [0.3, 0.4) is 0 Å². The second kappa shape index (κ2) is 5.16. The predicted octanol–water partition coefficient (Wildman–Crippen LogP) is 1.92. The van der Waals surface area contributed by atoms with Gasteiger partial charge >= 0.3 is 0 Å². The molecule has 0 fully saturated rings. The van der Waals surface area contributed by atoms with Gasteiger partial charge in [-0.2, -0.15) is 0 Å². The van der Waals surface area contributed by atoms with Crippen LogP contribution in [0.1, 0.15) is 5.56 Å². The fourth-order valence-electron chi connectivity index (χ4n) is 0.792. The zero-order valence-electron chi connectivity index (χ0n) is 6.49. The van der Waals surface area contributed by atoms with Crippen molar-refractivity contribution in [3.8, 4) is 0 Å². The van der Waals surface area contributed by atoms with E-state index in [1.807, 2.05) is 18.4 Å². The highest BCUT2D eigenvalue weighted by molar-refractivity contribution is 7.93. The second-order valence-corrected chi connectivity index (χ2v) is 2.66. The van der Waals surface area contributed by atoms with E-state index in [0.29, 0.717) is 0 Å². The van der Waals surface area contributed by atoms with E-state index in [0.717, 1.165) is 13.0 Å². The van der Waals surface area contributed by atoms with Gasteiger partial charge < -0.3 is 4.18 Å². The van der Waals surface area contributed by atoms with E-state index in [1.54, 1.807) is 12.4 Å². The first-order valence-corrected chi connectivity index (χ1v) is 4.63. The lowest BCUT2D eigenvalue weighted by Crippen LogP contribution is -1.92. The van der Waals surface area contributed by atoms with Gasteiger partial charge in [-0.1, -0.05) is 0 Å². The van der Waals surface area contributed by atoms with Gasteiger partial charge in [-0.15, -0.1) is 0 Å². The maximum Gasteiger partial charge on any atom is 0.0654 e. The molecule has 2 nitrogen and oxygen atoms in total. The van der Waals surface area contributed by atoms with Crippen LogP contribution in [-0.2, 0) is 10.6 Å². The minimum absolute atomic E-state index is 0.769. The van der Waals surface area contributed by atoms with Crippen molar-refractivity contribution in [2.45, 2.75) is 6.42 Å². The van der Waals surface area contributed by atoms with Crippen LogP contribution < -0.4 is 0 Å². The zero-order valence-corrected chi connectivity index (χ0v) is 7.30. The highest BCUT2D eigenvalue weighted by Crippen LogP contribution is 2.01. The summed E-state index contributed by atoms with van der Waals surface area (Å²) in [5.41, 5.74) is 1.27. The Morgan fingerprint density at radius 2 is 2.18 bits per heavy atom. The van der Waals surface area contributed by atoms with Crippen LogP contribution in [0.15, 0.2) is 24.5 Å². The Morgan fingerprint density at radius 1 is 1.45 bits per heavy atom. The Hall–Kier alpha value is -0.540. The number of hydrogen-bond donors (Lipinski definition) is 0. The van der Waals surface area contributed by atoms with E-state index in [9.17, 15) is 0 Å². The first-order chi connectivity index (χ1) is 5.43. The molecule has 1 rings (SSSR count). The number of nitrogens with zero attached hydrogens (tertiary/aromatic N) is 1. The molecule has 0 N–H and O–H groups in total. The fourth-order valence-corrected chi connectivity index (χ4v) is 1.04. The standard InChI is InChI=1S/C8H11NOS/c1-11-10-7-4-8-2-5-9-6-3-8/h2-3,5-6H,4,7H2,1H3. The van der Waals surface area contributed by atoms with Gasteiger partial charge in [-0.25, -0.2) is 0 Å². The molecule has 0 aliphatic carbocycles. The smallest absolute Gasteiger partial charge is 0.0654 e. The SMILES string of the molecule is CSOCCc1ccncc1. The molecule has 0 unspecified atom stereocenters. The fraction of sp³-hybridized carbons (Fsp3) is 0.375. The Morgan fingerprint density at radius 3 is 2.82 bits per heavy atom. The summed E-state index contributed by atoms with van der Waals surface area (Å²) in [5.74, 6) is 0.